The van der Waals surface area contributed by atoms with Crippen molar-refractivity contribution in [2.75, 3.05) is 38.7 Å². The van der Waals surface area contributed by atoms with E-state index >= 15 is 0 Å². The van der Waals surface area contributed by atoms with Crippen LogP contribution in [0.4, 0.5) is 5.69 Å². The number of anilines is 1. The lowest BCUT2D eigenvalue weighted by Crippen LogP contribution is -2.34. The average Bonchev–Trinajstić information content (AvgIpc) is 2.37. The van der Waals surface area contributed by atoms with Crippen LogP contribution in [-0.4, -0.2) is 60.5 Å². The Morgan fingerprint density at radius 2 is 2.05 bits per heavy atom. The van der Waals surface area contributed by atoms with Crippen LogP contribution in [0.1, 0.15) is 6.92 Å². The molecule has 20 heavy (non-hydrogen) atoms. The molecule has 0 saturated carbocycles. The number of carbonyl (C=O) groups excluding carboxylic acids is 1. The van der Waals surface area contributed by atoms with Gasteiger partial charge in [0.25, 0.3) is 0 Å². The summed E-state index contributed by atoms with van der Waals surface area (Å²) in [5.41, 5.74) is 0.702. The molecular weight excluding hydrogens is 260 g/mol. The van der Waals surface area contributed by atoms with Crippen LogP contribution in [0.15, 0.2) is 24.3 Å². The molecule has 0 saturated heterocycles. The van der Waals surface area contributed by atoms with Gasteiger partial charge in [-0.2, -0.15) is 0 Å². The summed E-state index contributed by atoms with van der Waals surface area (Å²) < 4.78 is 5.45. The third-order valence-electron chi connectivity index (χ3n) is 2.62. The molecule has 0 aliphatic heterocycles. The molecule has 0 unspecified atom stereocenters. The Morgan fingerprint density at radius 1 is 1.40 bits per heavy atom. The molecule has 3 N–H and O–H groups in total. The van der Waals surface area contributed by atoms with Gasteiger partial charge in [0.1, 0.15) is 18.5 Å². The van der Waals surface area contributed by atoms with Crippen molar-refractivity contribution in [1.82, 2.24) is 4.90 Å². The fraction of sp³-hybridized carbons (Fsp3) is 0.500. The van der Waals surface area contributed by atoms with E-state index in [0.29, 0.717) is 24.5 Å². The van der Waals surface area contributed by atoms with Crippen LogP contribution >= 0.6 is 0 Å². The quantitative estimate of drug-likeness (QED) is 0.639. The van der Waals surface area contributed by atoms with Gasteiger partial charge < -0.3 is 25.2 Å². The lowest BCUT2D eigenvalue weighted by atomic mass is 10.3. The highest BCUT2D eigenvalue weighted by Gasteiger charge is 2.08. The van der Waals surface area contributed by atoms with Crippen LogP contribution in [0.3, 0.4) is 0 Å². The highest BCUT2D eigenvalue weighted by atomic mass is 16.5. The van der Waals surface area contributed by atoms with Gasteiger partial charge in [0.05, 0.1) is 6.61 Å². The standard InChI is InChI=1S/C14H22N2O4/c1-11(18)15-12-3-5-14(6-4-12)20-10-13(19)9-16(2)7-8-17/h3-6,13,17,19H,7-10H2,1-2H3,(H,15,18)/t13-/m1/s1. The Labute approximate surface area is 119 Å². The van der Waals surface area contributed by atoms with E-state index in [2.05, 4.69) is 5.32 Å². The predicted molar refractivity (Wildman–Crippen MR) is 76.8 cm³/mol. The Morgan fingerprint density at radius 3 is 2.60 bits per heavy atom. The Kier molecular flexibility index (Phi) is 7.00. The fourth-order valence-electron chi connectivity index (χ4n) is 1.70. The van der Waals surface area contributed by atoms with E-state index in [9.17, 15) is 9.90 Å². The summed E-state index contributed by atoms with van der Waals surface area (Å²) in [5, 5.41) is 21.2. The first-order chi connectivity index (χ1) is 9.51. The van der Waals surface area contributed by atoms with E-state index in [0.717, 1.165) is 0 Å². The smallest absolute Gasteiger partial charge is 0.221 e. The number of carbonyl (C=O) groups is 1. The van der Waals surface area contributed by atoms with E-state index in [-0.39, 0.29) is 19.1 Å². The van der Waals surface area contributed by atoms with E-state index in [1.165, 1.54) is 6.92 Å². The maximum absolute atomic E-state index is 10.9. The zero-order valence-corrected chi connectivity index (χ0v) is 11.9. The number of likely N-dealkylation sites (N-methyl/N-ethyl adjacent to an activating group) is 1. The minimum Gasteiger partial charge on any atom is -0.491 e. The van der Waals surface area contributed by atoms with Crippen molar-refractivity contribution >= 4 is 11.6 Å². The second-order valence-corrected chi connectivity index (χ2v) is 4.66. The van der Waals surface area contributed by atoms with Gasteiger partial charge in [-0.25, -0.2) is 0 Å². The summed E-state index contributed by atoms with van der Waals surface area (Å²) in [6.07, 6.45) is -0.624. The molecule has 1 aromatic rings. The van der Waals surface area contributed by atoms with Crippen LogP contribution in [-0.2, 0) is 4.79 Å². The maximum Gasteiger partial charge on any atom is 0.221 e. The molecule has 1 rings (SSSR count). The first kappa shape index (κ1) is 16.4. The van der Waals surface area contributed by atoms with Gasteiger partial charge >= 0.3 is 0 Å². The Balaban J connectivity index is 2.35. The van der Waals surface area contributed by atoms with Crippen LogP contribution < -0.4 is 10.1 Å². The fourth-order valence-corrected chi connectivity index (χ4v) is 1.70. The first-order valence-electron chi connectivity index (χ1n) is 6.49. The largest absolute Gasteiger partial charge is 0.491 e. The van der Waals surface area contributed by atoms with Crippen LogP contribution in [0, 0.1) is 0 Å². The van der Waals surface area contributed by atoms with Crippen molar-refractivity contribution in [2.45, 2.75) is 13.0 Å². The third kappa shape index (κ3) is 6.51. The van der Waals surface area contributed by atoms with Crippen molar-refractivity contribution < 1.29 is 19.7 Å². The maximum atomic E-state index is 10.9. The topological polar surface area (TPSA) is 82.0 Å². The second kappa shape index (κ2) is 8.52. The number of rotatable bonds is 8. The second-order valence-electron chi connectivity index (χ2n) is 4.66. The normalized spacial score (nSPS) is 12.2. The molecule has 0 aliphatic carbocycles. The molecule has 1 atom stereocenters. The molecule has 0 radical (unpaired) electrons. The summed E-state index contributed by atoms with van der Waals surface area (Å²) in [5.74, 6) is 0.504. The van der Waals surface area contributed by atoms with Gasteiger partial charge in [-0.1, -0.05) is 0 Å². The highest BCUT2D eigenvalue weighted by Crippen LogP contribution is 2.15. The molecule has 6 nitrogen and oxygen atoms in total. The number of nitrogens with zero attached hydrogens (tertiary/aromatic N) is 1. The summed E-state index contributed by atoms with van der Waals surface area (Å²) in [6, 6.07) is 6.94. The van der Waals surface area contributed by atoms with Gasteiger partial charge in [0.2, 0.25) is 5.91 Å². The minimum atomic E-state index is -0.624. The summed E-state index contributed by atoms with van der Waals surface area (Å²) in [4.78, 5) is 12.7. The van der Waals surface area contributed by atoms with Gasteiger partial charge in [0, 0.05) is 25.7 Å². The van der Waals surface area contributed by atoms with Crippen LogP contribution in [0.25, 0.3) is 0 Å². The monoisotopic (exact) mass is 282 g/mol. The Hall–Kier alpha value is -1.63. The number of benzene rings is 1. The van der Waals surface area contributed by atoms with Gasteiger partial charge in [0.15, 0.2) is 0 Å². The van der Waals surface area contributed by atoms with Crippen LogP contribution in [0.5, 0.6) is 5.75 Å². The lowest BCUT2D eigenvalue weighted by molar-refractivity contribution is -0.114. The average molecular weight is 282 g/mol. The number of aliphatic hydroxyl groups is 2. The SMILES string of the molecule is CC(=O)Nc1ccc(OC[C@H](O)CN(C)CCO)cc1. The molecule has 0 bridgehead atoms. The van der Waals surface area contributed by atoms with E-state index < -0.39 is 6.10 Å². The van der Waals surface area contributed by atoms with Crippen LogP contribution in [0.2, 0.25) is 0 Å². The summed E-state index contributed by atoms with van der Waals surface area (Å²) >= 11 is 0. The van der Waals surface area contributed by atoms with Crippen molar-refractivity contribution in [2.24, 2.45) is 0 Å². The van der Waals surface area contributed by atoms with Gasteiger partial charge in [-0.3, -0.25) is 4.79 Å². The van der Waals surface area contributed by atoms with E-state index in [1.807, 2.05) is 11.9 Å². The molecule has 0 heterocycles. The van der Waals surface area contributed by atoms with E-state index in [1.54, 1.807) is 24.3 Å². The van der Waals surface area contributed by atoms with Gasteiger partial charge in [-0.05, 0) is 31.3 Å². The molecule has 0 aliphatic rings. The summed E-state index contributed by atoms with van der Waals surface area (Å²) in [7, 11) is 1.82. The molecule has 0 spiro atoms. The number of hydrogen-bond acceptors (Lipinski definition) is 5. The number of hydrogen-bond donors (Lipinski definition) is 3. The lowest BCUT2D eigenvalue weighted by Gasteiger charge is -2.19. The number of aliphatic hydroxyl groups excluding tert-OH is 2. The molecule has 112 valence electrons. The highest BCUT2D eigenvalue weighted by molar-refractivity contribution is 5.88. The molecule has 1 aromatic carbocycles. The number of nitrogens with one attached hydrogen (secondary N) is 1. The molecule has 0 aromatic heterocycles. The molecule has 1 amide bonds. The Bertz CT molecular complexity index is 408. The first-order valence-corrected chi connectivity index (χ1v) is 6.49. The zero-order valence-electron chi connectivity index (χ0n) is 11.9. The third-order valence-corrected chi connectivity index (χ3v) is 2.62. The molecule has 6 heteroatoms. The van der Waals surface area contributed by atoms with Crippen molar-refractivity contribution in [1.29, 1.82) is 0 Å². The molecule has 0 fully saturated rings. The minimum absolute atomic E-state index is 0.0642. The van der Waals surface area contributed by atoms with Crippen molar-refractivity contribution in [3.05, 3.63) is 24.3 Å². The molecular formula is C14H22N2O4. The van der Waals surface area contributed by atoms with E-state index in [4.69, 9.17) is 9.84 Å². The summed E-state index contributed by atoms with van der Waals surface area (Å²) in [6.45, 7) is 2.64. The number of amides is 1. The van der Waals surface area contributed by atoms with Crippen molar-refractivity contribution in [3.63, 3.8) is 0 Å². The predicted octanol–water partition coefficient (Wildman–Crippen LogP) is 0.309. The number of ether oxygens (including phenoxy) is 1. The van der Waals surface area contributed by atoms with Crippen molar-refractivity contribution in [3.8, 4) is 5.75 Å². The van der Waals surface area contributed by atoms with Gasteiger partial charge in [-0.15, -0.1) is 0 Å². The zero-order chi connectivity index (χ0) is 15.0.